The van der Waals surface area contributed by atoms with Crippen LogP contribution in [0.15, 0.2) is 29.8 Å². The molecule has 0 aliphatic rings. The minimum atomic E-state index is 0.130. The van der Waals surface area contributed by atoms with E-state index in [0.29, 0.717) is 6.54 Å². The highest BCUT2D eigenvalue weighted by Crippen LogP contribution is 2.19. The number of carbonyl (C=O) groups excluding carboxylic acids is 1. The molecule has 0 unspecified atom stereocenters. The maximum Gasteiger partial charge on any atom is 0.223 e. The van der Waals surface area contributed by atoms with Gasteiger partial charge in [-0.1, -0.05) is 19.9 Å². The second-order valence-electron chi connectivity index (χ2n) is 4.90. The predicted octanol–water partition coefficient (Wildman–Crippen LogP) is 3.30. The predicted molar refractivity (Wildman–Crippen MR) is 86.1 cm³/mol. The first-order valence-corrected chi connectivity index (χ1v) is 8.26. The summed E-state index contributed by atoms with van der Waals surface area (Å²) in [5, 5.41) is 6.04. The molecule has 2 aromatic heterocycles. The van der Waals surface area contributed by atoms with E-state index in [9.17, 15) is 4.79 Å². The summed E-state index contributed by atoms with van der Waals surface area (Å²) >= 11 is 1.61. The molecule has 4 nitrogen and oxygen atoms in total. The van der Waals surface area contributed by atoms with Gasteiger partial charge in [-0.15, -0.1) is 11.3 Å². The van der Waals surface area contributed by atoms with E-state index in [-0.39, 0.29) is 11.8 Å². The summed E-state index contributed by atoms with van der Waals surface area (Å²) in [5.74, 6) is 0.284. The molecule has 0 aliphatic carbocycles. The van der Waals surface area contributed by atoms with Crippen molar-refractivity contribution in [3.63, 3.8) is 0 Å². The Morgan fingerprint density at radius 2 is 2.10 bits per heavy atom. The van der Waals surface area contributed by atoms with E-state index in [0.717, 1.165) is 35.7 Å². The van der Waals surface area contributed by atoms with Crippen molar-refractivity contribution in [3.8, 4) is 11.4 Å². The Morgan fingerprint density at radius 1 is 1.29 bits per heavy atom. The molecule has 0 saturated heterocycles. The van der Waals surface area contributed by atoms with E-state index < -0.39 is 0 Å². The van der Waals surface area contributed by atoms with Gasteiger partial charge in [0, 0.05) is 30.5 Å². The van der Waals surface area contributed by atoms with E-state index >= 15 is 0 Å². The fourth-order valence-corrected chi connectivity index (χ4v) is 2.95. The van der Waals surface area contributed by atoms with Crippen molar-refractivity contribution in [2.75, 3.05) is 6.54 Å². The number of carbonyl (C=O) groups is 1. The van der Waals surface area contributed by atoms with Crippen LogP contribution in [0.4, 0.5) is 0 Å². The van der Waals surface area contributed by atoms with Gasteiger partial charge in [0.1, 0.15) is 0 Å². The summed E-state index contributed by atoms with van der Waals surface area (Å²) < 4.78 is 0. The number of thiazole rings is 1. The van der Waals surface area contributed by atoms with Crippen molar-refractivity contribution in [1.82, 2.24) is 15.3 Å². The Hall–Kier alpha value is -1.75. The molecule has 2 rings (SSSR count). The monoisotopic (exact) mass is 303 g/mol. The molecular formula is C16H21N3OS. The van der Waals surface area contributed by atoms with Gasteiger partial charge in [-0.3, -0.25) is 9.78 Å². The van der Waals surface area contributed by atoms with Crippen molar-refractivity contribution in [2.45, 2.75) is 33.1 Å². The average Bonchev–Trinajstić information content (AvgIpc) is 2.98. The molecular weight excluding hydrogens is 282 g/mol. The third-order valence-corrected chi connectivity index (χ3v) is 4.38. The van der Waals surface area contributed by atoms with E-state index in [1.54, 1.807) is 17.5 Å². The number of aromatic nitrogens is 2. The fourth-order valence-electron chi connectivity index (χ4n) is 2.15. The average molecular weight is 303 g/mol. The van der Waals surface area contributed by atoms with Gasteiger partial charge in [0.25, 0.3) is 0 Å². The second kappa shape index (κ2) is 7.88. The van der Waals surface area contributed by atoms with Gasteiger partial charge in [-0.2, -0.15) is 0 Å². The Kier molecular flexibility index (Phi) is 5.87. The minimum Gasteiger partial charge on any atom is -0.355 e. The molecule has 0 aliphatic heterocycles. The molecule has 0 spiro atoms. The number of amides is 1. The molecule has 112 valence electrons. The molecule has 0 saturated carbocycles. The molecule has 21 heavy (non-hydrogen) atoms. The molecule has 2 heterocycles. The number of nitrogens with zero attached hydrogens (tertiary/aromatic N) is 2. The van der Waals surface area contributed by atoms with Crippen LogP contribution in [-0.4, -0.2) is 22.4 Å². The molecule has 5 heteroatoms. The zero-order valence-corrected chi connectivity index (χ0v) is 13.3. The normalized spacial score (nSPS) is 10.8. The molecule has 0 atom stereocenters. The summed E-state index contributed by atoms with van der Waals surface area (Å²) in [6.07, 6.45) is 4.32. The molecule has 0 aromatic carbocycles. The molecule has 1 N–H and O–H groups in total. The van der Waals surface area contributed by atoms with Gasteiger partial charge in [0.15, 0.2) is 0 Å². The second-order valence-corrected chi connectivity index (χ2v) is 5.84. The smallest absolute Gasteiger partial charge is 0.223 e. The van der Waals surface area contributed by atoms with E-state index in [1.165, 1.54) is 0 Å². The Labute approximate surface area is 129 Å². The standard InChI is InChI=1S/C16H21N3OS/c1-3-12(4-2)16(20)18-10-8-15-19-14(11-21-15)13-7-5-6-9-17-13/h5-7,9,11-12H,3-4,8,10H2,1-2H3,(H,18,20). The van der Waals surface area contributed by atoms with Crippen molar-refractivity contribution in [3.05, 3.63) is 34.8 Å². The highest BCUT2D eigenvalue weighted by Gasteiger charge is 2.13. The minimum absolute atomic E-state index is 0.130. The Bertz CT molecular complexity index is 564. The van der Waals surface area contributed by atoms with Crippen LogP contribution in [0.3, 0.4) is 0 Å². The zero-order chi connectivity index (χ0) is 15.1. The van der Waals surface area contributed by atoms with Gasteiger partial charge < -0.3 is 5.32 Å². The fraction of sp³-hybridized carbons (Fsp3) is 0.438. The van der Waals surface area contributed by atoms with Crippen LogP contribution in [0.5, 0.6) is 0 Å². The van der Waals surface area contributed by atoms with E-state index in [4.69, 9.17) is 0 Å². The first-order chi connectivity index (χ1) is 10.2. The van der Waals surface area contributed by atoms with Gasteiger partial charge >= 0.3 is 0 Å². The molecule has 0 fully saturated rings. The summed E-state index contributed by atoms with van der Waals surface area (Å²) in [6.45, 7) is 4.74. The van der Waals surface area contributed by atoms with Gasteiger partial charge in [0.05, 0.1) is 16.4 Å². The highest BCUT2D eigenvalue weighted by atomic mass is 32.1. The van der Waals surface area contributed by atoms with Crippen LogP contribution in [0.2, 0.25) is 0 Å². The van der Waals surface area contributed by atoms with E-state index in [1.807, 2.05) is 37.4 Å². The van der Waals surface area contributed by atoms with Crippen LogP contribution in [0, 0.1) is 5.92 Å². The van der Waals surface area contributed by atoms with Crippen LogP contribution in [-0.2, 0) is 11.2 Å². The summed E-state index contributed by atoms with van der Waals surface area (Å²) in [6, 6.07) is 5.80. The highest BCUT2D eigenvalue weighted by molar-refractivity contribution is 7.09. The first-order valence-electron chi connectivity index (χ1n) is 7.38. The number of rotatable bonds is 7. The van der Waals surface area contributed by atoms with Crippen molar-refractivity contribution < 1.29 is 4.79 Å². The topological polar surface area (TPSA) is 54.9 Å². The lowest BCUT2D eigenvalue weighted by Gasteiger charge is -2.11. The van der Waals surface area contributed by atoms with Crippen LogP contribution < -0.4 is 5.32 Å². The maximum absolute atomic E-state index is 11.9. The van der Waals surface area contributed by atoms with Gasteiger partial charge in [-0.05, 0) is 25.0 Å². The molecule has 1 amide bonds. The maximum atomic E-state index is 11.9. The lowest BCUT2D eigenvalue weighted by Crippen LogP contribution is -2.31. The Balaban J connectivity index is 1.85. The van der Waals surface area contributed by atoms with Crippen LogP contribution in [0.25, 0.3) is 11.4 Å². The number of nitrogens with one attached hydrogen (secondary N) is 1. The number of hydrogen-bond acceptors (Lipinski definition) is 4. The van der Waals surface area contributed by atoms with Crippen molar-refractivity contribution >= 4 is 17.2 Å². The lowest BCUT2D eigenvalue weighted by atomic mass is 10.0. The number of pyridine rings is 1. The quantitative estimate of drug-likeness (QED) is 0.854. The lowest BCUT2D eigenvalue weighted by molar-refractivity contribution is -0.125. The zero-order valence-electron chi connectivity index (χ0n) is 12.5. The molecule has 0 bridgehead atoms. The third-order valence-electron chi connectivity index (χ3n) is 3.47. The summed E-state index contributed by atoms with van der Waals surface area (Å²) in [4.78, 5) is 20.7. The van der Waals surface area contributed by atoms with Gasteiger partial charge in [0.2, 0.25) is 5.91 Å². The number of hydrogen-bond donors (Lipinski definition) is 1. The van der Waals surface area contributed by atoms with Crippen molar-refractivity contribution in [1.29, 1.82) is 0 Å². The summed E-state index contributed by atoms with van der Waals surface area (Å²) in [5.41, 5.74) is 1.79. The van der Waals surface area contributed by atoms with E-state index in [2.05, 4.69) is 15.3 Å². The first kappa shape index (κ1) is 15.6. The SMILES string of the molecule is CCC(CC)C(=O)NCCc1nc(-c2ccccn2)cs1. The summed E-state index contributed by atoms with van der Waals surface area (Å²) in [7, 11) is 0. The van der Waals surface area contributed by atoms with Crippen LogP contribution >= 0.6 is 11.3 Å². The van der Waals surface area contributed by atoms with Gasteiger partial charge in [-0.25, -0.2) is 4.98 Å². The molecule has 0 radical (unpaired) electrons. The van der Waals surface area contributed by atoms with Crippen molar-refractivity contribution in [2.24, 2.45) is 5.92 Å². The van der Waals surface area contributed by atoms with Crippen LogP contribution in [0.1, 0.15) is 31.7 Å². The Morgan fingerprint density at radius 3 is 2.76 bits per heavy atom. The molecule has 2 aromatic rings. The third kappa shape index (κ3) is 4.36. The largest absolute Gasteiger partial charge is 0.355 e.